The van der Waals surface area contributed by atoms with Crippen molar-refractivity contribution in [1.82, 2.24) is 4.90 Å². The highest BCUT2D eigenvalue weighted by Crippen LogP contribution is 2.30. The number of aliphatic carboxylic acids is 1. The molecule has 0 saturated carbocycles. The molecule has 2 aromatic rings. The summed E-state index contributed by atoms with van der Waals surface area (Å²) in [5.41, 5.74) is 2.89. The van der Waals surface area contributed by atoms with Crippen LogP contribution in [0.2, 0.25) is 0 Å². The Morgan fingerprint density at radius 1 is 1.27 bits per heavy atom. The van der Waals surface area contributed by atoms with Crippen molar-refractivity contribution in [1.29, 1.82) is 0 Å². The first-order valence-corrected chi connectivity index (χ1v) is 8.22. The SMILES string of the molecule is O=C(O)[C@H]1c2ccccc2CCN1C(=O)CCc1ccsc1. The van der Waals surface area contributed by atoms with Crippen LogP contribution in [-0.2, 0) is 22.4 Å². The Morgan fingerprint density at radius 2 is 2.09 bits per heavy atom. The number of rotatable bonds is 4. The smallest absolute Gasteiger partial charge is 0.331 e. The molecule has 1 aromatic heterocycles. The van der Waals surface area contributed by atoms with Crippen LogP contribution in [0, 0.1) is 0 Å². The summed E-state index contributed by atoms with van der Waals surface area (Å²) < 4.78 is 0. The second kappa shape index (κ2) is 6.32. The number of hydrogen-bond acceptors (Lipinski definition) is 3. The van der Waals surface area contributed by atoms with Gasteiger partial charge in [0.1, 0.15) is 0 Å². The van der Waals surface area contributed by atoms with Crippen LogP contribution < -0.4 is 0 Å². The van der Waals surface area contributed by atoms with Crippen molar-refractivity contribution in [3.05, 3.63) is 57.8 Å². The minimum atomic E-state index is -0.962. The highest BCUT2D eigenvalue weighted by Gasteiger charge is 2.35. The second-order valence-electron chi connectivity index (χ2n) is 5.41. The molecule has 0 bridgehead atoms. The van der Waals surface area contributed by atoms with Crippen LogP contribution in [0.3, 0.4) is 0 Å². The third-order valence-electron chi connectivity index (χ3n) is 4.05. The van der Waals surface area contributed by atoms with E-state index in [9.17, 15) is 14.7 Å². The molecular weight excluding hydrogens is 298 g/mol. The Morgan fingerprint density at radius 3 is 2.82 bits per heavy atom. The van der Waals surface area contributed by atoms with Crippen molar-refractivity contribution in [2.24, 2.45) is 0 Å². The van der Waals surface area contributed by atoms with E-state index in [0.29, 0.717) is 25.8 Å². The molecule has 22 heavy (non-hydrogen) atoms. The van der Waals surface area contributed by atoms with E-state index in [1.807, 2.05) is 41.1 Å². The molecule has 3 rings (SSSR count). The summed E-state index contributed by atoms with van der Waals surface area (Å²) in [4.78, 5) is 25.7. The molecule has 114 valence electrons. The highest BCUT2D eigenvalue weighted by atomic mass is 32.1. The summed E-state index contributed by atoms with van der Waals surface area (Å²) in [5.74, 6) is -1.05. The topological polar surface area (TPSA) is 57.6 Å². The fraction of sp³-hybridized carbons (Fsp3) is 0.294. The van der Waals surface area contributed by atoms with Gasteiger partial charge in [0.25, 0.3) is 0 Å². The number of aryl methyl sites for hydroxylation is 1. The van der Waals surface area contributed by atoms with Gasteiger partial charge in [-0.2, -0.15) is 11.3 Å². The van der Waals surface area contributed by atoms with Gasteiger partial charge >= 0.3 is 5.97 Å². The van der Waals surface area contributed by atoms with Crippen molar-refractivity contribution >= 4 is 23.2 Å². The van der Waals surface area contributed by atoms with E-state index in [4.69, 9.17) is 0 Å². The van der Waals surface area contributed by atoms with E-state index in [-0.39, 0.29) is 5.91 Å². The number of fused-ring (bicyclic) bond motifs is 1. The number of carboxylic acid groups (broad SMARTS) is 1. The van der Waals surface area contributed by atoms with Crippen LogP contribution >= 0.6 is 11.3 Å². The number of carbonyl (C=O) groups excluding carboxylic acids is 1. The summed E-state index contributed by atoms with van der Waals surface area (Å²) in [6, 6.07) is 8.63. The summed E-state index contributed by atoms with van der Waals surface area (Å²) in [5, 5.41) is 13.6. The predicted molar refractivity (Wildman–Crippen MR) is 84.9 cm³/mol. The molecule has 0 unspecified atom stereocenters. The number of hydrogen-bond donors (Lipinski definition) is 1. The lowest BCUT2D eigenvalue weighted by Gasteiger charge is -2.34. The average Bonchev–Trinajstić information content (AvgIpc) is 3.04. The molecule has 0 spiro atoms. The number of amides is 1. The maximum absolute atomic E-state index is 12.5. The first-order valence-electron chi connectivity index (χ1n) is 7.28. The van der Waals surface area contributed by atoms with Crippen molar-refractivity contribution in [3.8, 4) is 0 Å². The molecule has 1 aliphatic rings. The first-order chi connectivity index (χ1) is 10.7. The van der Waals surface area contributed by atoms with Crippen molar-refractivity contribution < 1.29 is 14.7 Å². The van der Waals surface area contributed by atoms with Crippen LogP contribution in [-0.4, -0.2) is 28.4 Å². The van der Waals surface area contributed by atoms with Crippen LogP contribution in [0.15, 0.2) is 41.1 Å². The zero-order valence-corrected chi connectivity index (χ0v) is 12.9. The summed E-state index contributed by atoms with van der Waals surface area (Å²) in [6.45, 7) is 0.469. The van der Waals surface area contributed by atoms with Crippen LogP contribution in [0.1, 0.15) is 29.2 Å². The lowest BCUT2D eigenvalue weighted by atomic mass is 9.92. The van der Waals surface area contributed by atoms with Gasteiger partial charge in [0.05, 0.1) is 0 Å². The van der Waals surface area contributed by atoms with E-state index in [1.54, 1.807) is 11.3 Å². The largest absolute Gasteiger partial charge is 0.479 e. The fourth-order valence-electron chi connectivity index (χ4n) is 2.93. The Bertz CT molecular complexity index is 681. The molecule has 4 nitrogen and oxygen atoms in total. The number of carbonyl (C=O) groups is 2. The molecule has 1 atom stereocenters. The lowest BCUT2D eigenvalue weighted by molar-refractivity contribution is -0.151. The van der Waals surface area contributed by atoms with Gasteiger partial charge in [-0.05, 0) is 46.4 Å². The highest BCUT2D eigenvalue weighted by molar-refractivity contribution is 7.07. The number of benzene rings is 1. The van der Waals surface area contributed by atoms with Crippen molar-refractivity contribution in [2.75, 3.05) is 6.54 Å². The average molecular weight is 315 g/mol. The molecule has 0 aliphatic carbocycles. The molecule has 1 aliphatic heterocycles. The maximum atomic E-state index is 12.5. The van der Waals surface area contributed by atoms with E-state index in [1.165, 1.54) is 4.90 Å². The van der Waals surface area contributed by atoms with E-state index < -0.39 is 12.0 Å². The van der Waals surface area contributed by atoms with Gasteiger partial charge in [0.2, 0.25) is 5.91 Å². The second-order valence-corrected chi connectivity index (χ2v) is 6.19. The summed E-state index contributed by atoms with van der Waals surface area (Å²) in [6.07, 6.45) is 1.72. The summed E-state index contributed by atoms with van der Waals surface area (Å²) >= 11 is 1.60. The molecule has 0 fully saturated rings. The monoisotopic (exact) mass is 315 g/mol. The zero-order chi connectivity index (χ0) is 15.5. The third-order valence-corrected chi connectivity index (χ3v) is 4.78. The van der Waals surface area contributed by atoms with Gasteiger partial charge < -0.3 is 10.0 Å². The molecule has 0 radical (unpaired) electrons. The number of nitrogens with zero attached hydrogens (tertiary/aromatic N) is 1. The van der Waals surface area contributed by atoms with Crippen LogP contribution in [0.4, 0.5) is 0 Å². The normalized spacial score (nSPS) is 17.1. The maximum Gasteiger partial charge on any atom is 0.331 e. The van der Waals surface area contributed by atoms with Gasteiger partial charge in [-0.3, -0.25) is 4.79 Å². The van der Waals surface area contributed by atoms with E-state index in [2.05, 4.69) is 0 Å². The fourth-order valence-corrected chi connectivity index (χ4v) is 3.63. The quantitative estimate of drug-likeness (QED) is 0.944. The molecule has 1 N–H and O–H groups in total. The standard InChI is InChI=1S/C17H17NO3S/c19-15(6-5-12-8-10-22-11-12)18-9-7-13-3-1-2-4-14(13)16(18)17(20)21/h1-4,8,10-11,16H,5-7,9H2,(H,20,21)/t16-/m1/s1. The minimum absolute atomic E-state index is 0.0897. The molecule has 0 saturated heterocycles. The van der Waals surface area contributed by atoms with Gasteiger partial charge in [0, 0.05) is 13.0 Å². The molecule has 1 aromatic carbocycles. The molecule has 2 heterocycles. The van der Waals surface area contributed by atoms with Gasteiger partial charge in [-0.1, -0.05) is 24.3 Å². The molecule has 5 heteroatoms. The van der Waals surface area contributed by atoms with Gasteiger partial charge in [0.15, 0.2) is 6.04 Å². The lowest BCUT2D eigenvalue weighted by Crippen LogP contribution is -2.43. The number of thiophene rings is 1. The third kappa shape index (κ3) is 2.90. The van der Waals surface area contributed by atoms with Gasteiger partial charge in [-0.25, -0.2) is 4.79 Å². The molecular formula is C17H17NO3S. The Kier molecular flexibility index (Phi) is 4.24. The number of carboxylic acids is 1. The van der Waals surface area contributed by atoms with Crippen molar-refractivity contribution in [2.45, 2.75) is 25.3 Å². The van der Waals surface area contributed by atoms with Crippen molar-refractivity contribution in [3.63, 3.8) is 0 Å². The Hall–Kier alpha value is -2.14. The zero-order valence-electron chi connectivity index (χ0n) is 12.1. The molecule has 1 amide bonds. The first kappa shape index (κ1) is 14.8. The Labute approximate surface area is 133 Å². The van der Waals surface area contributed by atoms with Gasteiger partial charge in [-0.15, -0.1) is 0 Å². The van der Waals surface area contributed by atoms with E-state index in [0.717, 1.165) is 16.7 Å². The Balaban J connectivity index is 1.78. The minimum Gasteiger partial charge on any atom is -0.479 e. The van der Waals surface area contributed by atoms with Crippen LogP contribution in [0.25, 0.3) is 0 Å². The predicted octanol–water partition coefficient (Wildman–Crippen LogP) is 2.89. The van der Waals surface area contributed by atoms with Crippen LogP contribution in [0.5, 0.6) is 0 Å². The summed E-state index contributed by atoms with van der Waals surface area (Å²) in [7, 11) is 0. The van der Waals surface area contributed by atoms with E-state index >= 15 is 0 Å².